The zero-order chi connectivity index (χ0) is 17.9. The molecule has 0 aromatic carbocycles. The molecule has 0 saturated carbocycles. The molecule has 2 saturated heterocycles. The second-order valence-corrected chi connectivity index (χ2v) is 8.13. The Morgan fingerprint density at radius 1 is 1.19 bits per heavy atom. The summed E-state index contributed by atoms with van der Waals surface area (Å²) < 4.78 is 5.43. The lowest BCUT2D eigenvalue weighted by Crippen LogP contribution is -2.47. The molecule has 0 bridgehead atoms. The molecule has 2 aromatic heterocycles. The van der Waals surface area contributed by atoms with Crippen LogP contribution in [0.2, 0.25) is 0 Å². The maximum absolute atomic E-state index is 5.43. The van der Waals surface area contributed by atoms with Crippen LogP contribution in [0, 0.1) is 6.92 Å². The highest BCUT2D eigenvalue weighted by atomic mass is 32.1. The molecule has 7 nitrogen and oxygen atoms in total. The van der Waals surface area contributed by atoms with E-state index in [0.717, 1.165) is 56.3 Å². The van der Waals surface area contributed by atoms with Crippen LogP contribution in [0.3, 0.4) is 0 Å². The molecule has 0 amide bonds. The number of rotatable bonds is 4. The molecule has 2 aliphatic rings. The average Bonchev–Trinajstić information content (AvgIpc) is 3.15. The Balaban J connectivity index is 1.47. The molecular formula is C18H26N6OS. The molecule has 0 radical (unpaired) electrons. The van der Waals surface area contributed by atoms with Crippen LogP contribution in [0.4, 0.5) is 16.9 Å². The van der Waals surface area contributed by atoms with E-state index in [1.54, 1.807) is 11.3 Å². The maximum atomic E-state index is 5.43. The molecule has 8 heteroatoms. The third kappa shape index (κ3) is 3.76. The summed E-state index contributed by atoms with van der Waals surface area (Å²) in [6, 6.07) is 2.44. The summed E-state index contributed by atoms with van der Waals surface area (Å²) in [5, 5.41) is 1.14. The summed E-state index contributed by atoms with van der Waals surface area (Å²) >= 11 is 1.78. The first-order valence-electron chi connectivity index (χ1n) is 9.26. The second kappa shape index (κ2) is 7.75. The number of ether oxygens (including phenoxy) is 1. The minimum absolute atomic E-state index is 0.431. The molecule has 0 spiro atoms. The van der Waals surface area contributed by atoms with Gasteiger partial charge in [-0.3, -0.25) is 0 Å². The maximum Gasteiger partial charge on any atom is 0.227 e. The van der Waals surface area contributed by atoms with Crippen molar-refractivity contribution >= 4 is 28.2 Å². The predicted octanol–water partition coefficient (Wildman–Crippen LogP) is 2.18. The number of nitrogens with zero attached hydrogens (tertiary/aromatic N) is 6. The van der Waals surface area contributed by atoms with Crippen LogP contribution in [0.15, 0.2) is 18.5 Å². The van der Waals surface area contributed by atoms with Crippen molar-refractivity contribution in [1.29, 1.82) is 0 Å². The minimum Gasteiger partial charge on any atom is -0.378 e. The molecule has 4 heterocycles. The van der Waals surface area contributed by atoms with E-state index in [1.807, 2.05) is 18.5 Å². The van der Waals surface area contributed by atoms with Crippen molar-refractivity contribution in [2.45, 2.75) is 25.8 Å². The molecule has 4 rings (SSSR count). The number of thiazole rings is 1. The fourth-order valence-electron chi connectivity index (χ4n) is 3.57. The van der Waals surface area contributed by atoms with Gasteiger partial charge >= 0.3 is 0 Å². The summed E-state index contributed by atoms with van der Waals surface area (Å²) in [7, 11) is 2.15. The highest BCUT2D eigenvalue weighted by Gasteiger charge is 2.26. The van der Waals surface area contributed by atoms with Crippen LogP contribution in [0.5, 0.6) is 0 Å². The van der Waals surface area contributed by atoms with Gasteiger partial charge in [-0.1, -0.05) is 0 Å². The van der Waals surface area contributed by atoms with Gasteiger partial charge in [0.1, 0.15) is 5.82 Å². The Bertz CT molecular complexity index is 732. The SMILES string of the molecule is Cc1cnc(N2CCCC(N(C)c3ccnc(N4CCOCC4)n3)C2)s1. The molecule has 0 N–H and O–H groups in total. The van der Waals surface area contributed by atoms with E-state index >= 15 is 0 Å². The van der Waals surface area contributed by atoms with Gasteiger partial charge in [-0.2, -0.15) is 4.98 Å². The quantitative estimate of drug-likeness (QED) is 0.813. The largest absolute Gasteiger partial charge is 0.378 e. The van der Waals surface area contributed by atoms with Crippen molar-refractivity contribution < 1.29 is 4.74 Å². The van der Waals surface area contributed by atoms with Gasteiger partial charge in [0, 0.05) is 56.5 Å². The van der Waals surface area contributed by atoms with Gasteiger partial charge in [-0.05, 0) is 25.8 Å². The van der Waals surface area contributed by atoms with E-state index in [-0.39, 0.29) is 0 Å². The summed E-state index contributed by atoms with van der Waals surface area (Å²) in [5.74, 6) is 1.80. The topological polar surface area (TPSA) is 57.6 Å². The number of morpholine rings is 1. The van der Waals surface area contributed by atoms with E-state index in [1.165, 1.54) is 17.7 Å². The van der Waals surface area contributed by atoms with Crippen LogP contribution < -0.4 is 14.7 Å². The first-order chi connectivity index (χ1) is 12.7. The van der Waals surface area contributed by atoms with Crippen molar-refractivity contribution in [3.63, 3.8) is 0 Å². The lowest BCUT2D eigenvalue weighted by Gasteiger charge is -2.38. The Morgan fingerprint density at radius 3 is 2.81 bits per heavy atom. The number of anilines is 3. The predicted molar refractivity (Wildman–Crippen MR) is 106 cm³/mol. The van der Waals surface area contributed by atoms with Crippen molar-refractivity contribution in [1.82, 2.24) is 15.0 Å². The molecule has 0 aliphatic carbocycles. The number of aromatic nitrogens is 3. The standard InChI is InChI=1S/C18H26N6OS/c1-14-12-20-18(26-14)24-7-3-4-15(13-24)22(2)16-5-6-19-17(21-16)23-8-10-25-11-9-23/h5-6,12,15H,3-4,7-11,13H2,1-2H3. The first-order valence-corrected chi connectivity index (χ1v) is 10.1. The van der Waals surface area contributed by atoms with E-state index in [4.69, 9.17) is 9.72 Å². The Labute approximate surface area is 158 Å². The van der Waals surface area contributed by atoms with Gasteiger partial charge in [0.05, 0.1) is 13.2 Å². The van der Waals surface area contributed by atoms with Gasteiger partial charge in [0.15, 0.2) is 5.13 Å². The van der Waals surface area contributed by atoms with Gasteiger partial charge < -0.3 is 19.4 Å². The van der Waals surface area contributed by atoms with Crippen LogP contribution in [-0.2, 0) is 4.74 Å². The first kappa shape index (κ1) is 17.5. The molecule has 1 atom stereocenters. The average molecular weight is 375 g/mol. The number of aryl methyl sites for hydroxylation is 1. The van der Waals surface area contributed by atoms with E-state index in [2.05, 4.69) is 38.6 Å². The highest BCUT2D eigenvalue weighted by Crippen LogP contribution is 2.27. The lowest BCUT2D eigenvalue weighted by atomic mass is 10.1. The molecule has 2 aromatic rings. The third-order valence-electron chi connectivity index (χ3n) is 5.11. The fourth-order valence-corrected chi connectivity index (χ4v) is 4.37. The Hall–Kier alpha value is -1.93. The lowest BCUT2D eigenvalue weighted by molar-refractivity contribution is 0.122. The zero-order valence-electron chi connectivity index (χ0n) is 15.5. The number of piperidine rings is 1. The Kier molecular flexibility index (Phi) is 5.21. The van der Waals surface area contributed by atoms with Gasteiger partial charge in [-0.15, -0.1) is 11.3 Å². The smallest absolute Gasteiger partial charge is 0.227 e. The summed E-state index contributed by atoms with van der Waals surface area (Å²) in [6.07, 6.45) is 6.18. The minimum atomic E-state index is 0.431. The molecule has 2 aliphatic heterocycles. The monoisotopic (exact) mass is 374 g/mol. The van der Waals surface area contributed by atoms with E-state index in [0.29, 0.717) is 6.04 Å². The molecule has 1 unspecified atom stereocenters. The number of likely N-dealkylation sites (N-methyl/N-ethyl adjacent to an activating group) is 1. The molecule has 140 valence electrons. The van der Waals surface area contributed by atoms with E-state index in [9.17, 15) is 0 Å². The summed E-state index contributed by atoms with van der Waals surface area (Å²) in [5.41, 5.74) is 0. The van der Waals surface area contributed by atoms with Crippen LogP contribution >= 0.6 is 11.3 Å². The molecular weight excluding hydrogens is 348 g/mol. The van der Waals surface area contributed by atoms with Crippen molar-refractivity contribution in [2.75, 3.05) is 61.1 Å². The third-order valence-corrected chi connectivity index (χ3v) is 6.08. The van der Waals surface area contributed by atoms with E-state index < -0.39 is 0 Å². The number of hydrogen-bond acceptors (Lipinski definition) is 8. The second-order valence-electron chi connectivity index (χ2n) is 6.92. The van der Waals surface area contributed by atoms with Crippen molar-refractivity contribution in [3.8, 4) is 0 Å². The zero-order valence-corrected chi connectivity index (χ0v) is 16.3. The van der Waals surface area contributed by atoms with Gasteiger partial charge in [0.25, 0.3) is 0 Å². The highest BCUT2D eigenvalue weighted by molar-refractivity contribution is 7.15. The van der Waals surface area contributed by atoms with Gasteiger partial charge in [-0.25, -0.2) is 9.97 Å². The molecule has 26 heavy (non-hydrogen) atoms. The van der Waals surface area contributed by atoms with Crippen LogP contribution in [-0.4, -0.2) is 67.4 Å². The summed E-state index contributed by atoms with van der Waals surface area (Å²) in [4.78, 5) is 22.0. The van der Waals surface area contributed by atoms with Crippen LogP contribution in [0.25, 0.3) is 0 Å². The Morgan fingerprint density at radius 2 is 2.04 bits per heavy atom. The fraction of sp³-hybridized carbons (Fsp3) is 0.611. The summed E-state index contributed by atoms with van der Waals surface area (Å²) in [6.45, 7) is 7.38. The van der Waals surface area contributed by atoms with Crippen molar-refractivity contribution in [3.05, 3.63) is 23.3 Å². The molecule has 2 fully saturated rings. The van der Waals surface area contributed by atoms with Gasteiger partial charge in [0.2, 0.25) is 5.95 Å². The van der Waals surface area contributed by atoms with Crippen LogP contribution in [0.1, 0.15) is 17.7 Å². The van der Waals surface area contributed by atoms with Crippen molar-refractivity contribution in [2.24, 2.45) is 0 Å². The normalized spacial score (nSPS) is 21.1. The number of hydrogen-bond donors (Lipinski definition) is 0.